The molecular formula is C8H19NO7P2. The van der Waals surface area contributed by atoms with E-state index in [9.17, 15) is 14.2 Å². The number of hydrogen-bond donors (Lipinski definition) is 5. The number of nitrogens with zero attached hydrogens (tertiary/aromatic N) is 1. The average Bonchev–Trinajstić information content (AvgIpc) is 2.13. The zero-order valence-electron chi connectivity index (χ0n) is 10.0. The van der Waals surface area contributed by atoms with Gasteiger partial charge in [-0.15, -0.1) is 0 Å². The molecule has 0 spiro atoms. The molecule has 10 heteroatoms. The first-order valence-electron chi connectivity index (χ1n) is 5.49. The van der Waals surface area contributed by atoms with Gasteiger partial charge < -0.3 is 29.6 Å². The lowest BCUT2D eigenvalue weighted by Crippen LogP contribution is -2.38. The minimum Gasteiger partial charge on any atom is -0.368 e. The highest BCUT2D eigenvalue weighted by Gasteiger charge is 2.59. The molecule has 1 unspecified atom stereocenters. The molecule has 1 saturated heterocycles. The Hall–Kier alpha value is 0.220. The molecule has 1 atom stereocenters. The summed E-state index contributed by atoms with van der Waals surface area (Å²) >= 11 is 0. The Labute approximate surface area is 105 Å². The molecule has 5 N–H and O–H groups in total. The lowest BCUT2D eigenvalue weighted by Gasteiger charge is -2.36. The summed E-state index contributed by atoms with van der Waals surface area (Å²) in [7, 11) is -8.84. The van der Waals surface area contributed by atoms with Crippen molar-refractivity contribution in [2.24, 2.45) is 5.92 Å². The first kappa shape index (κ1) is 16.3. The molecule has 0 bridgehead atoms. The van der Waals surface area contributed by atoms with E-state index in [0.29, 0.717) is 13.0 Å². The zero-order chi connectivity index (χ0) is 14.2. The second-order valence-corrected chi connectivity index (χ2v) is 8.85. The molecular weight excluding hydrogens is 284 g/mol. The van der Waals surface area contributed by atoms with Crippen LogP contribution in [0.2, 0.25) is 0 Å². The van der Waals surface area contributed by atoms with Crippen LogP contribution in [0.5, 0.6) is 0 Å². The van der Waals surface area contributed by atoms with Crippen molar-refractivity contribution in [3.8, 4) is 0 Å². The standard InChI is InChI=1S/C8H19NO7P2/c1-9-4-2-3-7(6-9)5-8(10,17(11,12)13)18(14,15)16/h7,10H,2-6H2,1H3,(H2,11,12,13)(H2,14,15,16). The van der Waals surface area contributed by atoms with Gasteiger partial charge >= 0.3 is 15.2 Å². The predicted molar refractivity (Wildman–Crippen MR) is 63.9 cm³/mol. The van der Waals surface area contributed by atoms with Gasteiger partial charge in [-0.05, 0) is 32.4 Å². The second kappa shape index (κ2) is 5.31. The summed E-state index contributed by atoms with van der Waals surface area (Å²) in [4.78, 5) is 38.0. The van der Waals surface area contributed by atoms with Gasteiger partial charge in [0.25, 0.3) is 5.08 Å². The first-order chi connectivity index (χ1) is 7.97. The Bertz CT molecular complexity index is 367. The Morgan fingerprint density at radius 2 is 1.72 bits per heavy atom. The Balaban J connectivity index is 2.94. The number of aliphatic hydroxyl groups is 1. The molecule has 0 amide bonds. The summed E-state index contributed by atoms with van der Waals surface area (Å²) in [5.41, 5.74) is 0. The molecule has 108 valence electrons. The molecule has 1 aliphatic heterocycles. The maximum Gasteiger partial charge on any atom is 0.369 e. The van der Waals surface area contributed by atoms with Crippen molar-refractivity contribution < 1.29 is 33.8 Å². The molecule has 0 aromatic rings. The predicted octanol–water partition coefficient (Wildman–Crippen LogP) is -0.280. The molecule has 8 nitrogen and oxygen atoms in total. The molecule has 0 aromatic heterocycles. The highest BCUT2D eigenvalue weighted by molar-refractivity contribution is 7.72. The fourth-order valence-corrected chi connectivity index (χ4v) is 4.58. The van der Waals surface area contributed by atoms with E-state index >= 15 is 0 Å². The summed E-state index contributed by atoms with van der Waals surface area (Å²) < 4.78 is 22.4. The van der Waals surface area contributed by atoms with E-state index in [2.05, 4.69) is 0 Å². The molecule has 18 heavy (non-hydrogen) atoms. The van der Waals surface area contributed by atoms with E-state index in [1.54, 1.807) is 7.05 Å². The zero-order valence-corrected chi connectivity index (χ0v) is 11.8. The van der Waals surface area contributed by atoms with Crippen LogP contribution in [0.4, 0.5) is 0 Å². The van der Waals surface area contributed by atoms with Gasteiger partial charge in [0.15, 0.2) is 0 Å². The highest BCUT2D eigenvalue weighted by atomic mass is 31.2. The topological polar surface area (TPSA) is 139 Å². The molecule has 0 aromatic carbocycles. The van der Waals surface area contributed by atoms with E-state index in [-0.39, 0.29) is 5.92 Å². The van der Waals surface area contributed by atoms with Crippen LogP contribution in [-0.4, -0.2) is 54.8 Å². The second-order valence-electron chi connectivity index (χ2n) is 4.84. The van der Waals surface area contributed by atoms with Crippen molar-refractivity contribution in [1.82, 2.24) is 4.90 Å². The fraction of sp³-hybridized carbons (Fsp3) is 1.00. The van der Waals surface area contributed by atoms with Crippen LogP contribution in [-0.2, 0) is 9.13 Å². The first-order valence-corrected chi connectivity index (χ1v) is 8.72. The van der Waals surface area contributed by atoms with Gasteiger partial charge in [0.05, 0.1) is 0 Å². The van der Waals surface area contributed by atoms with E-state index < -0.39 is 26.7 Å². The van der Waals surface area contributed by atoms with E-state index in [0.717, 1.165) is 13.0 Å². The SMILES string of the molecule is CN1CCCC(CC(O)(P(=O)(O)O)P(=O)(O)O)C1. The molecule has 1 rings (SSSR count). The summed E-state index contributed by atoms with van der Waals surface area (Å²) in [5, 5.41) is 6.50. The van der Waals surface area contributed by atoms with Gasteiger partial charge in [0.2, 0.25) is 0 Å². The summed E-state index contributed by atoms with van der Waals surface area (Å²) in [6, 6.07) is 0. The lowest BCUT2D eigenvalue weighted by molar-refractivity contribution is 0.0864. The van der Waals surface area contributed by atoms with Crippen molar-refractivity contribution in [1.29, 1.82) is 0 Å². The third-order valence-electron chi connectivity index (χ3n) is 3.22. The number of likely N-dealkylation sites (tertiary alicyclic amines) is 1. The summed E-state index contributed by atoms with van der Waals surface area (Å²) in [5.74, 6) is -0.353. The molecule has 1 aliphatic rings. The number of hydrogen-bond acceptors (Lipinski definition) is 4. The monoisotopic (exact) mass is 303 g/mol. The van der Waals surface area contributed by atoms with E-state index in [1.807, 2.05) is 4.90 Å². The third-order valence-corrected chi connectivity index (χ3v) is 7.01. The van der Waals surface area contributed by atoms with Crippen molar-refractivity contribution in [2.45, 2.75) is 24.3 Å². The van der Waals surface area contributed by atoms with Crippen molar-refractivity contribution in [3.05, 3.63) is 0 Å². The summed E-state index contributed by atoms with van der Waals surface area (Å²) in [6.45, 7) is 1.27. The molecule has 0 radical (unpaired) electrons. The minimum absolute atomic E-state index is 0.353. The minimum atomic E-state index is -5.32. The highest BCUT2D eigenvalue weighted by Crippen LogP contribution is 2.69. The van der Waals surface area contributed by atoms with Gasteiger partial charge in [0, 0.05) is 13.0 Å². The normalized spacial score (nSPS) is 24.2. The van der Waals surface area contributed by atoms with Crippen LogP contribution >= 0.6 is 15.2 Å². The average molecular weight is 303 g/mol. The van der Waals surface area contributed by atoms with Crippen molar-refractivity contribution in [2.75, 3.05) is 20.1 Å². The van der Waals surface area contributed by atoms with E-state index in [4.69, 9.17) is 19.6 Å². The Morgan fingerprint density at radius 1 is 1.22 bits per heavy atom. The largest absolute Gasteiger partial charge is 0.369 e. The molecule has 1 heterocycles. The van der Waals surface area contributed by atoms with Gasteiger partial charge in [-0.1, -0.05) is 0 Å². The van der Waals surface area contributed by atoms with Crippen LogP contribution in [0, 0.1) is 5.92 Å². The van der Waals surface area contributed by atoms with Crippen LogP contribution in [0.1, 0.15) is 19.3 Å². The third kappa shape index (κ3) is 3.40. The van der Waals surface area contributed by atoms with Crippen molar-refractivity contribution >= 4 is 15.2 Å². The van der Waals surface area contributed by atoms with Gasteiger partial charge in [-0.3, -0.25) is 9.13 Å². The smallest absolute Gasteiger partial charge is 0.368 e. The number of rotatable bonds is 4. The van der Waals surface area contributed by atoms with E-state index in [1.165, 1.54) is 0 Å². The maximum atomic E-state index is 11.2. The molecule has 0 aliphatic carbocycles. The van der Waals surface area contributed by atoms with Gasteiger partial charge in [-0.2, -0.15) is 0 Å². The number of piperidine rings is 1. The fourth-order valence-electron chi connectivity index (χ4n) is 2.23. The Kier molecular flexibility index (Phi) is 4.80. The van der Waals surface area contributed by atoms with Gasteiger partial charge in [-0.25, -0.2) is 0 Å². The van der Waals surface area contributed by atoms with Gasteiger partial charge in [0.1, 0.15) is 0 Å². The van der Waals surface area contributed by atoms with Crippen LogP contribution in [0.3, 0.4) is 0 Å². The Morgan fingerprint density at radius 3 is 2.11 bits per heavy atom. The molecule has 0 saturated carbocycles. The van der Waals surface area contributed by atoms with Crippen LogP contribution in [0.25, 0.3) is 0 Å². The van der Waals surface area contributed by atoms with Crippen LogP contribution < -0.4 is 0 Å². The lowest BCUT2D eigenvalue weighted by atomic mass is 9.95. The summed E-state index contributed by atoms with van der Waals surface area (Å²) in [6.07, 6.45) is 0.734. The maximum absolute atomic E-state index is 11.2. The molecule has 1 fully saturated rings. The van der Waals surface area contributed by atoms with Crippen LogP contribution in [0.15, 0.2) is 0 Å². The van der Waals surface area contributed by atoms with Crippen molar-refractivity contribution in [3.63, 3.8) is 0 Å². The quantitative estimate of drug-likeness (QED) is 0.447.